The number of nitrogens with zero attached hydrogens (tertiary/aromatic N) is 3. The van der Waals surface area contributed by atoms with Crippen molar-refractivity contribution >= 4 is 33.7 Å². The molecule has 28 heavy (non-hydrogen) atoms. The minimum atomic E-state index is -0.393. The summed E-state index contributed by atoms with van der Waals surface area (Å²) in [5.41, 5.74) is 10.1. The molecule has 0 aliphatic rings. The van der Waals surface area contributed by atoms with Crippen molar-refractivity contribution in [3.05, 3.63) is 60.2 Å². The summed E-state index contributed by atoms with van der Waals surface area (Å²) in [6.07, 6.45) is 0. The summed E-state index contributed by atoms with van der Waals surface area (Å²) in [4.78, 5) is 12.7. The highest BCUT2D eigenvalue weighted by atomic mass is 16.3. The average molecular weight is 377 g/mol. The van der Waals surface area contributed by atoms with Crippen LogP contribution in [0.5, 0.6) is 5.75 Å². The maximum atomic E-state index is 12.7. The smallest absolute Gasteiger partial charge is 0.269 e. The number of nitrogens with one attached hydrogen (secondary N) is 1. The van der Waals surface area contributed by atoms with E-state index in [9.17, 15) is 9.90 Å². The average Bonchev–Trinajstić information content (AvgIpc) is 2.72. The molecule has 0 fully saturated rings. The van der Waals surface area contributed by atoms with Crippen molar-refractivity contribution in [1.82, 2.24) is 10.4 Å². The van der Waals surface area contributed by atoms with Crippen LogP contribution in [0.1, 0.15) is 24.2 Å². The number of azo groups is 1. The van der Waals surface area contributed by atoms with E-state index in [-0.39, 0.29) is 17.0 Å². The van der Waals surface area contributed by atoms with Crippen LogP contribution in [-0.4, -0.2) is 29.1 Å². The van der Waals surface area contributed by atoms with Crippen LogP contribution in [0.15, 0.2) is 64.8 Å². The second-order valence-electron chi connectivity index (χ2n) is 6.25. The van der Waals surface area contributed by atoms with Gasteiger partial charge in [0.1, 0.15) is 5.69 Å². The molecular formula is C21H23N5O2. The van der Waals surface area contributed by atoms with Crippen LogP contribution in [0.4, 0.5) is 17.1 Å². The molecule has 144 valence electrons. The van der Waals surface area contributed by atoms with Gasteiger partial charge in [-0.1, -0.05) is 38.1 Å². The summed E-state index contributed by atoms with van der Waals surface area (Å²) in [5.74, 6) is -0.599. The van der Waals surface area contributed by atoms with E-state index < -0.39 is 5.91 Å². The van der Waals surface area contributed by atoms with E-state index in [1.807, 2.05) is 38.1 Å². The monoisotopic (exact) mass is 377 g/mol. The maximum Gasteiger partial charge on any atom is 0.269 e. The fraction of sp³-hybridized carbons (Fsp3) is 0.190. The summed E-state index contributed by atoms with van der Waals surface area (Å²) < 4.78 is 0. The van der Waals surface area contributed by atoms with E-state index in [0.717, 1.165) is 5.39 Å². The molecule has 7 nitrogen and oxygen atoms in total. The first-order valence-corrected chi connectivity index (χ1v) is 9.11. The summed E-state index contributed by atoms with van der Waals surface area (Å²) in [6, 6.07) is 16.0. The van der Waals surface area contributed by atoms with Gasteiger partial charge in [-0.05, 0) is 35.7 Å². The van der Waals surface area contributed by atoms with Crippen molar-refractivity contribution in [2.75, 3.05) is 18.8 Å². The number of hydrazine groups is 1. The van der Waals surface area contributed by atoms with Gasteiger partial charge in [0.15, 0.2) is 5.75 Å². The first-order valence-electron chi connectivity index (χ1n) is 9.11. The van der Waals surface area contributed by atoms with Gasteiger partial charge in [0.2, 0.25) is 0 Å². The van der Waals surface area contributed by atoms with Crippen molar-refractivity contribution in [2.24, 2.45) is 10.2 Å². The number of phenolic OH excluding ortho intramolecular Hbond substituents is 1. The van der Waals surface area contributed by atoms with Gasteiger partial charge in [0.25, 0.3) is 5.91 Å². The number of rotatable bonds is 6. The zero-order chi connectivity index (χ0) is 20.1. The molecule has 0 saturated carbocycles. The first kappa shape index (κ1) is 19.3. The molecule has 0 heterocycles. The lowest BCUT2D eigenvalue weighted by Gasteiger charge is -2.20. The van der Waals surface area contributed by atoms with Gasteiger partial charge >= 0.3 is 0 Å². The Hall–Kier alpha value is -3.45. The lowest BCUT2D eigenvalue weighted by molar-refractivity contribution is 0.0803. The number of phenols is 1. The summed E-state index contributed by atoms with van der Waals surface area (Å²) in [5, 5.41) is 22.5. The highest BCUT2D eigenvalue weighted by Crippen LogP contribution is 2.39. The van der Waals surface area contributed by atoms with Crippen molar-refractivity contribution in [3.63, 3.8) is 0 Å². The third-order valence-corrected chi connectivity index (χ3v) is 4.42. The first-order chi connectivity index (χ1) is 13.5. The number of aromatic hydroxyl groups is 1. The summed E-state index contributed by atoms with van der Waals surface area (Å²) >= 11 is 0. The molecular weight excluding hydrogens is 354 g/mol. The van der Waals surface area contributed by atoms with Gasteiger partial charge in [-0.25, -0.2) is 5.01 Å². The number of fused-ring (bicyclic) bond motifs is 1. The fourth-order valence-corrected chi connectivity index (χ4v) is 2.83. The molecule has 1 amide bonds. The Balaban J connectivity index is 2.06. The lowest BCUT2D eigenvalue weighted by atomic mass is 10.0. The molecule has 0 atom stereocenters. The molecule has 7 heteroatoms. The van der Waals surface area contributed by atoms with E-state index in [4.69, 9.17) is 5.73 Å². The second-order valence-corrected chi connectivity index (χ2v) is 6.25. The normalized spacial score (nSPS) is 11.4. The molecule has 0 aromatic heterocycles. The number of nitrogen functional groups attached to an aromatic ring is 1. The predicted octanol–water partition coefficient (Wildman–Crippen LogP) is 4.53. The Morgan fingerprint density at radius 2 is 1.75 bits per heavy atom. The van der Waals surface area contributed by atoms with E-state index in [1.165, 1.54) is 0 Å². The van der Waals surface area contributed by atoms with Crippen molar-refractivity contribution in [1.29, 1.82) is 0 Å². The van der Waals surface area contributed by atoms with Gasteiger partial charge in [-0.3, -0.25) is 10.2 Å². The number of hydrogen-bond acceptors (Lipinski definition) is 6. The van der Waals surface area contributed by atoms with Crippen molar-refractivity contribution in [3.8, 4) is 5.75 Å². The number of benzene rings is 3. The molecule has 3 rings (SSSR count). The van der Waals surface area contributed by atoms with Crippen molar-refractivity contribution in [2.45, 2.75) is 13.8 Å². The standard InChI is InChI=1S/C21H23N5O2/c1-3-26(4-2)25-21(28)18-13-14-7-5-6-8-17(14)19(20(18)27)24-23-16-11-9-15(22)10-12-16/h5-13,27H,3-4,22H2,1-2H3,(H,25,28). The topological polar surface area (TPSA) is 103 Å². The Morgan fingerprint density at radius 3 is 2.43 bits per heavy atom. The highest BCUT2D eigenvalue weighted by Gasteiger charge is 2.19. The predicted molar refractivity (Wildman–Crippen MR) is 111 cm³/mol. The number of carbonyl (C=O) groups excluding carboxylic acids is 1. The molecule has 0 unspecified atom stereocenters. The Labute approximate surface area is 163 Å². The van der Waals surface area contributed by atoms with E-state index in [0.29, 0.717) is 29.9 Å². The zero-order valence-corrected chi connectivity index (χ0v) is 15.9. The summed E-state index contributed by atoms with van der Waals surface area (Å²) in [6.45, 7) is 5.19. The lowest BCUT2D eigenvalue weighted by Crippen LogP contribution is -2.41. The third-order valence-electron chi connectivity index (χ3n) is 4.42. The summed E-state index contributed by atoms with van der Waals surface area (Å²) in [7, 11) is 0. The van der Waals surface area contributed by atoms with Crippen LogP contribution in [0, 0.1) is 0 Å². The Kier molecular flexibility index (Phi) is 5.86. The molecule has 0 saturated heterocycles. The number of anilines is 1. The van der Waals surface area contributed by atoms with Gasteiger partial charge in [0, 0.05) is 24.2 Å². The Morgan fingerprint density at radius 1 is 1.07 bits per heavy atom. The number of hydrogen-bond donors (Lipinski definition) is 3. The third kappa shape index (κ3) is 4.10. The minimum Gasteiger partial charge on any atom is -0.505 e. The molecule has 0 spiro atoms. The van der Waals surface area contributed by atoms with Gasteiger partial charge in [-0.15, -0.1) is 5.11 Å². The van der Waals surface area contributed by atoms with Gasteiger partial charge < -0.3 is 10.8 Å². The molecule has 3 aromatic rings. The number of nitrogens with two attached hydrogens (primary N) is 1. The number of carbonyl (C=O) groups is 1. The molecule has 0 radical (unpaired) electrons. The second kappa shape index (κ2) is 8.49. The van der Waals surface area contributed by atoms with E-state index >= 15 is 0 Å². The quantitative estimate of drug-likeness (QED) is 0.333. The van der Waals surface area contributed by atoms with Gasteiger partial charge in [-0.2, -0.15) is 5.11 Å². The van der Waals surface area contributed by atoms with Crippen LogP contribution < -0.4 is 11.2 Å². The van der Waals surface area contributed by atoms with Crippen molar-refractivity contribution < 1.29 is 9.90 Å². The van der Waals surface area contributed by atoms with Crippen LogP contribution in [-0.2, 0) is 0 Å². The minimum absolute atomic E-state index is 0.150. The maximum absolute atomic E-state index is 12.7. The van der Waals surface area contributed by atoms with E-state index in [1.54, 1.807) is 35.3 Å². The van der Waals surface area contributed by atoms with Crippen LogP contribution >= 0.6 is 0 Å². The molecule has 3 aromatic carbocycles. The fourth-order valence-electron chi connectivity index (χ4n) is 2.83. The van der Waals surface area contributed by atoms with Crippen LogP contribution in [0.25, 0.3) is 10.8 Å². The van der Waals surface area contributed by atoms with Crippen LogP contribution in [0.3, 0.4) is 0 Å². The Bertz CT molecular complexity index is 1010. The number of amides is 1. The SMILES string of the molecule is CCN(CC)NC(=O)c1cc2ccccc2c(N=Nc2ccc(N)cc2)c1O. The molecule has 0 aliphatic carbocycles. The highest BCUT2D eigenvalue weighted by molar-refractivity contribution is 6.06. The molecule has 4 N–H and O–H groups in total. The van der Waals surface area contributed by atoms with Crippen LogP contribution in [0.2, 0.25) is 0 Å². The zero-order valence-electron chi connectivity index (χ0n) is 15.9. The van der Waals surface area contributed by atoms with Gasteiger partial charge in [0.05, 0.1) is 11.3 Å². The molecule has 0 aliphatic heterocycles. The largest absolute Gasteiger partial charge is 0.505 e. The van der Waals surface area contributed by atoms with E-state index in [2.05, 4.69) is 15.7 Å². The molecule has 0 bridgehead atoms.